The van der Waals surface area contributed by atoms with E-state index in [2.05, 4.69) is 25.8 Å². The Kier molecular flexibility index (Phi) is 9.55. The lowest BCUT2D eigenvalue weighted by Gasteiger charge is -2.26. The number of halogens is 2. The predicted molar refractivity (Wildman–Crippen MR) is 189 cm³/mol. The molecule has 3 amide bonds. The molecule has 1 saturated carbocycles. The van der Waals surface area contributed by atoms with Gasteiger partial charge in [0.25, 0.3) is 5.91 Å². The highest BCUT2D eigenvalue weighted by Gasteiger charge is 2.56. The molecule has 3 N–H and O–H groups in total. The molecular formula is C38H35F2N5O4S. The molecule has 12 heteroatoms. The summed E-state index contributed by atoms with van der Waals surface area (Å²) in [4.78, 5) is 46.4. The maximum Gasteiger partial charge on any atom is 0.251 e. The van der Waals surface area contributed by atoms with E-state index < -0.39 is 28.9 Å². The van der Waals surface area contributed by atoms with Gasteiger partial charge in [-0.3, -0.25) is 19.4 Å². The van der Waals surface area contributed by atoms with E-state index in [0.717, 1.165) is 40.8 Å². The van der Waals surface area contributed by atoms with Crippen molar-refractivity contribution in [3.05, 3.63) is 102 Å². The molecule has 2 aromatic heterocycles. The summed E-state index contributed by atoms with van der Waals surface area (Å²) >= 11 is 1.44. The maximum absolute atomic E-state index is 15.3. The Hall–Kier alpha value is -5.20. The second kappa shape index (κ2) is 14.3. The number of aromatic nitrogens is 1. The number of nitrogens with one attached hydrogen (secondary N) is 3. The predicted octanol–water partition coefficient (Wildman–Crippen LogP) is 7.61. The van der Waals surface area contributed by atoms with Crippen molar-refractivity contribution in [1.29, 1.82) is 0 Å². The van der Waals surface area contributed by atoms with Gasteiger partial charge in [-0.1, -0.05) is 18.6 Å². The number of fused-ring (bicyclic) bond motifs is 1. The molecule has 0 radical (unpaired) electrons. The number of rotatable bonds is 11. The van der Waals surface area contributed by atoms with Gasteiger partial charge in [0.2, 0.25) is 11.8 Å². The minimum absolute atomic E-state index is 0.0451. The number of piperidine rings is 1. The SMILES string of the molecule is O=C(NCCN1CCCCC1)c1ccc(-c2cc3nccc(Oc4ccc(NC(=O)C5(C(=O)Nc6ccc(F)cc6)CC5)cc4F)c3s2)cc1. The molecule has 3 heterocycles. The molecular weight excluding hydrogens is 661 g/mol. The molecule has 1 aliphatic heterocycles. The fourth-order valence-corrected chi connectivity index (χ4v) is 7.10. The topological polar surface area (TPSA) is 113 Å². The quantitative estimate of drug-likeness (QED) is 0.123. The summed E-state index contributed by atoms with van der Waals surface area (Å²) in [6, 6.07) is 20.3. The molecule has 50 heavy (non-hydrogen) atoms. The molecule has 0 unspecified atom stereocenters. The normalized spacial score (nSPS) is 15.3. The van der Waals surface area contributed by atoms with Crippen LogP contribution in [0.5, 0.6) is 11.5 Å². The summed E-state index contributed by atoms with van der Waals surface area (Å²) in [5.41, 5.74) is 1.46. The number of thiophene rings is 1. The van der Waals surface area contributed by atoms with Crippen molar-refractivity contribution in [2.75, 3.05) is 36.8 Å². The minimum Gasteiger partial charge on any atom is -0.453 e. The van der Waals surface area contributed by atoms with Gasteiger partial charge >= 0.3 is 0 Å². The third-order valence-corrected chi connectivity index (χ3v) is 10.3. The summed E-state index contributed by atoms with van der Waals surface area (Å²) in [5.74, 6) is -1.92. The number of amides is 3. The summed E-state index contributed by atoms with van der Waals surface area (Å²) in [7, 11) is 0. The molecule has 5 aromatic rings. The first-order valence-electron chi connectivity index (χ1n) is 16.6. The van der Waals surface area contributed by atoms with Gasteiger partial charge in [-0.15, -0.1) is 11.3 Å². The molecule has 2 fully saturated rings. The minimum atomic E-state index is -1.28. The molecule has 1 saturated heterocycles. The zero-order valence-corrected chi connectivity index (χ0v) is 28.0. The average molecular weight is 696 g/mol. The summed E-state index contributed by atoms with van der Waals surface area (Å²) < 4.78 is 35.2. The van der Waals surface area contributed by atoms with Crippen LogP contribution in [0, 0.1) is 17.0 Å². The number of pyridine rings is 1. The van der Waals surface area contributed by atoms with E-state index in [1.54, 1.807) is 24.4 Å². The number of carbonyl (C=O) groups is 3. The molecule has 256 valence electrons. The number of carbonyl (C=O) groups excluding carboxylic acids is 3. The average Bonchev–Trinajstić information content (AvgIpc) is 3.83. The lowest BCUT2D eigenvalue weighted by molar-refractivity contribution is -0.131. The molecule has 7 rings (SSSR count). The smallest absolute Gasteiger partial charge is 0.251 e. The zero-order chi connectivity index (χ0) is 34.7. The van der Waals surface area contributed by atoms with Gasteiger partial charge in [0, 0.05) is 53.2 Å². The van der Waals surface area contributed by atoms with Gasteiger partial charge in [0.1, 0.15) is 17.0 Å². The van der Waals surface area contributed by atoms with E-state index in [4.69, 9.17) is 4.74 Å². The molecule has 2 aliphatic rings. The van der Waals surface area contributed by atoms with Crippen molar-refractivity contribution in [3.8, 4) is 21.9 Å². The van der Waals surface area contributed by atoms with Gasteiger partial charge in [0.15, 0.2) is 11.6 Å². The van der Waals surface area contributed by atoms with Gasteiger partial charge in [-0.05, 0) is 98.9 Å². The number of ether oxygens (including phenoxy) is 1. The third-order valence-electron chi connectivity index (χ3n) is 9.10. The van der Waals surface area contributed by atoms with Gasteiger partial charge < -0.3 is 25.6 Å². The van der Waals surface area contributed by atoms with Gasteiger partial charge in [0.05, 0.1) is 10.2 Å². The highest BCUT2D eigenvalue weighted by Crippen LogP contribution is 2.48. The van der Waals surface area contributed by atoms with Gasteiger partial charge in [-0.25, -0.2) is 8.78 Å². The van der Waals surface area contributed by atoms with Crippen LogP contribution in [0.1, 0.15) is 42.5 Å². The molecule has 3 aromatic carbocycles. The molecule has 0 atom stereocenters. The van der Waals surface area contributed by atoms with E-state index in [-0.39, 0.29) is 17.3 Å². The standard InChI is InChI=1S/C38H35F2N5O4S/c39-26-8-10-27(11-9-26)43-36(47)38(15-16-38)37(48)44-28-12-13-31(29(40)22-28)49-32-14-17-41-30-23-33(50-34(30)32)24-4-6-25(7-5-24)35(46)42-18-21-45-19-2-1-3-20-45/h4-14,17,22-23H,1-3,15-16,18-21H2,(H,42,46)(H,43,47)(H,44,48). The fourth-order valence-electron chi connectivity index (χ4n) is 6.03. The number of likely N-dealkylation sites (tertiary alicyclic amines) is 1. The van der Waals surface area contributed by atoms with Crippen LogP contribution in [-0.4, -0.2) is 53.8 Å². The van der Waals surface area contributed by atoms with E-state index in [1.807, 2.05) is 18.2 Å². The number of benzene rings is 3. The summed E-state index contributed by atoms with van der Waals surface area (Å²) in [5, 5.41) is 8.32. The number of hydrogen-bond acceptors (Lipinski definition) is 7. The largest absolute Gasteiger partial charge is 0.453 e. The van der Waals surface area contributed by atoms with Crippen molar-refractivity contribution >= 4 is 50.6 Å². The highest BCUT2D eigenvalue weighted by molar-refractivity contribution is 7.22. The Bertz CT molecular complexity index is 2040. The van der Waals surface area contributed by atoms with Crippen LogP contribution in [0.15, 0.2) is 85.1 Å². The van der Waals surface area contributed by atoms with Crippen molar-refractivity contribution < 1.29 is 27.9 Å². The van der Waals surface area contributed by atoms with E-state index in [9.17, 15) is 18.8 Å². The molecule has 9 nitrogen and oxygen atoms in total. The first-order chi connectivity index (χ1) is 24.3. The van der Waals surface area contributed by atoms with Crippen molar-refractivity contribution in [1.82, 2.24) is 15.2 Å². The second-order valence-electron chi connectivity index (χ2n) is 12.6. The molecule has 0 spiro atoms. The fraction of sp³-hybridized carbons (Fsp3) is 0.263. The maximum atomic E-state index is 15.3. The Morgan fingerprint density at radius 3 is 2.22 bits per heavy atom. The monoisotopic (exact) mass is 695 g/mol. The second-order valence-corrected chi connectivity index (χ2v) is 13.7. The van der Waals surface area contributed by atoms with Crippen LogP contribution in [0.3, 0.4) is 0 Å². The molecule has 0 bridgehead atoms. The van der Waals surface area contributed by atoms with Crippen molar-refractivity contribution in [3.63, 3.8) is 0 Å². The Morgan fingerprint density at radius 2 is 1.52 bits per heavy atom. The molecule has 1 aliphatic carbocycles. The first kappa shape index (κ1) is 33.3. The van der Waals surface area contributed by atoms with Crippen LogP contribution in [-0.2, 0) is 9.59 Å². The third kappa shape index (κ3) is 7.36. The number of nitrogens with zero attached hydrogens (tertiary/aromatic N) is 2. The Labute approximate surface area is 291 Å². The van der Waals surface area contributed by atoms with Crippen LogP contribution >= 0.6 is 11.3 Å². The van der Waals surface area contributed by atoms with Crippen LogP contribution in [0.4, 0.5) is 20.2 Å². The zero-order valence-electron chi connectivity index (χ0n) is 27.1. The van der Waals surface area contributed by atoms with E-state index in [0.29, 0.717) is 41.9 Å². The lowest BCUT2D eigenvalue weighted by atomic mass is 10.0. The number of hydrogen-bond donors (Lipinski definition) is 3. The van der Waals surface area contributed by atoms with Crippen LogP contribution in [0.25, 0.3) is 20.7 Å². The lowest BCUT2D eigenvalue weighted by Crippen LogP contribution is -2.37. The van der Waals surface area contributed by atoms with Crippen molar-refractivity contribution in [2.45, 2.75) is 32.1 Å². The number of anilines is 2. The van der Waals surface area contributed by atoms with E-state index in [1.165, 1.54) is 67.0 Å². The van der Waals surface area contributed by atoms with Gasteiger partial charge in [-0.2, -0.15) is 0 Å². The van der Waals surface area contributed by atoms with Crippen LogP contribution in [0.2, 0.25) is 0 Å². The summed E-state index contributed by atoms with van der Waals surface area (Å²) in [6.07, 6.45) is 5.99. The first-order valence-corrected chi connectivity index (χ1v) is 17.4. The summed E-state index contributed by atoms with van der Waals surface area (Å²) in [6.45, 7) is 3.65. The highest BCUT2D eigenvalue weighted by atomic mass is 32.1. The Balaban J connectivity index is 0.982. The van der Waals surface area contributed by atoms with Crippen molar-refractivity contribution in [2.24, 2.45) is 5.41 Å². The Morgan fingerprint density at radius 1 is 0.820 bits per heavy atom. The van der Waals surface area contributed by atoms with E-state index >= 15 is 4.39 Å². The van der Waals surface area contributed by atoms with Crippen LogP contribution < -0.4 is 20.7 Å².